The van der Waals surface area contributed by atoms with E-state index in [2.05, 4.69) is 4.72 Å². The highest BCUT2D eigenvalue weighted by Gasteiger charge is 2.43. The van der Waals surface area contributed by atoms with E-state index in [4.69, 9.17) is 4.84 Å². The Bertz CT molecular complexity index is 979. The van der Waals surface area contributed by atoms with Crippen LogP contribution in [0.5, 0.6) is 0 Å². The van der Waals surface area contributed by atoms with E-state index in [9.17, 15) is 21.6 Å². The molecule has 6 nitrogen and oxygen atoms in total. The maximum Gasteiger partial charge on any atom is 0.416 e. The van der Waals surface area contributed by atoms with Gasteiger partial charge in [-0.3, -0.25) is 4.84 Å². The molecule has 0 unspecified atom stereocenters. The van der Waals surface area contributed by atoms with Gasteiger partial charge in [-0.1, -0.05) is 30.3 Å². The van der Waals surface area contributed by atoms with E-state index in [1.54, 1.807) is 7.05 Å². The van der Waals surface area contributed by atoms with Crippen LogP contribution in [0.15, 0.2) is 48.5 Å². The molecule has 0 spiro atoms. The van der Waals surface area contributed by atoms with Crippen LogP contribution < -0.4 is 9.62 Å². The molecular formula is C20H24F3N3O3S. The molecule has 1 fully saturated rings. The Balaban J connectivity index is 1.77. The lowest BCUT2D eigenvalue weighted by molar-refractivity contribution is -0.137. The Kier molecular flexibility index (Phi) is 6.42. The van der Waals surface area contributed by atoms with Crippen molar-refractivity contribution in [1.82, 2.24) is 9.79 Å². The first-order valence-corrected chi connectivity index (χ1v) is 10.8. The van der Waals surface area contributed by atoms with Crippen molar-refractivity contribution in [3.05, 3.63) is 65.2 Å². The van der Waals surface area contributed by atoms with Gasteiger partial charge in [0.25, 0.3) is 0 Å². The summed E-state index contributed by atoms with van der Waals surface area (Å²) in [7, 11) is 1.60. The molecule has 0 aromatic heterocycles. The number of halogens is 3. The zero-order valence-electron chi connectivity index (χ0n) is 16.8. The van der Waals surface area contributed by atoms with Crippen molar-refractivity contribution >= 4 is 15.7 Å². The number of alkyl halides is 3. The fourth-order valence-corrected chi connectivity index (χ4v) is 4.89. The lowest BCUT2D eigenvalue weighted by Crippen LogP contribution is -2.39. The quantitative estimate of drug-likeness (QED) is 0.743. The highest BCUT2D eigenvalue weighted by Crippen LogP contribution is 2.34. The molecule has 2 aromatic carbocycles. The summed E-state index contributed by atoms with van der Waals surface area (Å²) in [5.41, 5.74) is 1.16. The van der Waals surface area contributed by atoms with Gasteiger partial charge in [-0.15, -0.1) is 0 Å². The summed E-state index contributed by atoms with van der Waals surface area (Å²) < 4.78 is 67.0. The summed E-state index contributed by atoms with van der Waals surface area (Å²) in [4.78, 5) is 7.40. The average Bonchev–Trinajstić information content (AvgIpc) is 3.08. The number of sulfonamides is 1. The molecule has 1 N–H and O–H groups in total. The van der Waals surface area contributed by atoms with Crippen LogP contribution in [-0.2, 0) is 27.6 Å². The van der Waals surface area contributed by atoms with Crippen LogP contribution in [0.25, 0.3) is 0 Å². The molecular weight excluding hydrogens is 419 g/mol. The highest BCUT2D eigenvalue weighted by atomic mass is 32.2. The minimum atomic E-state index is -4.49. The van der Waals surface area contributed by atoms with Crippen LogP contribution in [0.4, 0.5) is 18.9 Å². The van der Waals surface area contributed by atoms with Crippen LogP contribution in [-0.4, -0.2) is 46.5 Å². The van der Waals surface area contributed by atoms with Gasteiger partial charge in [-0.25, -0.2) is 13.1 Å². The fraction of sp³-hybridized carbons (Fsp3) is 0.400. The van der Waals surface area contributed by atoms with E-state index >= 15 is 0 Å². The molecule has 1 aliphatic heterocycles. The molecule has 0 aliphatic carbocycles. The lowest BCUT2D eigenvalue weighted by Gasteiger charge is -2.24. The van der Waals surface area contributed by atoms with Gasteiger partial charge in [0.2, 0.25) is 10.0 Å². The number of benzene rings is 2. The molecule has 10 heteroatoms. The molecule has 2 atom stereocenters. The van der Waals surface area contributed by atoms with Crippen molar-refractivity contribution in [2.75, 3.05) is 32.6 Å². The third kappa shape index (κ3) is 4.94. The Morgan fingerprint density at radius 2 is 1.83 bits per heavy atom. The van der Waals surface area contributed by atoms with Crippen molar-refractivity contribution in [3.63, 3.8) is 0 Å². The zero-order chi connectivity index (χ0) is 22.1. The molecule has 0 bridgehead atoms. The van der Waals surface area contributed by atoms with Gasteiger partial charge in [-0.05, 0) is 29.3 Å². The van der Waals surface area contributed by atoms with Gasteiger partial charge in [0.05, 0.1) is 18.2 Å². The summed E-state index contributed by atoms with van der Waals surface area (Å²) in [6.45, 7) is -0.284. The zero-order valence-corrected chi connectivity index (χ0v) is 17.7. The van der Waals surface area contributed by atoms with Gasteiger partial charge in [-0.2, -0.15) is 18.2 Å². The first-order valence-electron chi connectivity index (χ1n) is 9.26. The molecule has 0 radical (unpaired) electrons. The van der Waals surface area contributed by atoms with E-state index in [1.807, 2.05) is 43.3 Å². The van der Waals surface area contributed by atoms with Crippen molar-refractivity contribution < 1.29 is 26.4 Å². The van der Waals surface area contributed by atoms with Crippen molar-refractivity contribution in [2.45, 2.75) is 24.0 Å². The van der Waals surface area contributed by atoms with Gasteiger partial charge in [0.1, 0.15) is 5.25 Å². The van der Waals surface area contributed by atoms with Crippen molar-refractivity contribution in [1.29, 1.82) is 0 Å². The molecule has 3 rings (SSSR count). The number of nitrogens with zero attached hydrogens (tertiary/aromatic N) is 2. The average molecular weight is 443 g/mol. The number of hydrogen-bond acceptors (Lipinski definition) is 5. The standard InChI is InChI=1S/C20H24F3N3O3S/c1-25(2)17-9-7-15(8-10-17)19-18(13-29-26(19)3)30(27,28)24-12-14-5-4-6-16(11-14)20(21,22)23/h4-11,18-19,24H,12-13H2,1-3H3/t18-,19-/m1/s1. The lowest BCUT2D eigenvalue weighted by atomic mass is 10.0. The van der Waals surface area contributed by atoms with Gasteiger partial charge >= 0.3 is 6.18 Å². The summed E-state index contributed by atoms with van der Waals surface area (Å²) in [6.07, 6.45) is -4.49. The molecule has 164 valence electrons. The second-order valence-electron chi connectivity index (χ2n) is 7.38. The Labute approximate surface area is 174 Å². The number of anilines is 1. The molecule has 1 aliphatic rings. The van der Waals surface area contributed by atoms with Crippen LogP contribution in [0.3, 0.4) is 0 Å². The predicted molar refractivity (Wildman–Crippen MR) is 108 cm³/mol. The summed E-state index contributed by atoms with van der Waals surface area (Å²) in [6, 6.07) is 11.5. The summed E-state index contributed by atoms with van der Waals surface area (Å²) in [5, 5.41) is 0.595. The smallest absolute Gasteiger partial charge is 0.378 e. The van der Waals surface area contributed by atoms with Crippen molar-refractivity contribution in [3.8, 4) is 0 Å². The largest absolute Gasteiger partial charge is 0.416 e. The Hall–Kier alpha value is -2.14. The van der Waals surface area contributed by atoms with Gasteiger partial charge in [0, 0.05) is 33.4 Å². The molecule has 1 heterocycles. The van der Waals surface area contributed by atoms with Gasteiger partial charge < -0.3 is 4.90 Å². The first-order chi connectivity index (χ1) is 14.0. The summed E-state index contributed by atoms with van der Waals surface area (Å²) >= 11 is 0. The van der Waals surface area contributed by atoms with E-state index in [0.717, 1.165) is 23.4 Å². The van der Waals surface area contributed by atoms with Crippen LogP contribution in [0.2, 0.25) is 0 Å². The monoisotopic (exact) mass is 443 g/mol. The normalized spacial score (nSPS) is 20.5. The van der Waals surface area contributed by atoms with E-state index in [-0.39, 0.29) is 18.7 Å². The molecule has 1 saturated heterocycles. The second kappa shape index (κ2) is 8.54. The van der Waals surface area contributed by atoms with Crippen LogP contribution in [0.1, 0.15) is 22.7 Å². The summed E-state index contributed by atoms with van der Waals surface area (Å²) in [5.74, 6) is 0. The molecule has 30 heavy (non-hydrogen) atoms. The van der Waals surface area contributed by atoms with Gasteiger partial charge in [0.15, 0.2) is 0 Å². The SMILES string of the molecule is CN(C)c1ccc([C@@H]2[C@H](S(=O)(=O)NCc3cccc(C(F)(F)F)c3)CON2C)cc1. The maximum absolute atomic E-state index is 12.9. The Morgan fingerprint density at radius 1 is 1.17 bits per heavy atom. The van der Waals surface area contributed by atoms with E-state index in [0.29, 0.717) is 0 Å². The minimum absolute atomic E-state index is 0.0471. The number of hydrogen-bond donors (Lipinski definition) is 1. The minimum Gasteiger partial charge on any atom is -0.378 e. The number of hydroxylamine groups is 2. The number of nitrogens with one attached hydrogen (secondary N) is 1. The first kappa shape index (κ1) is 22.5. The van der Waals surface area contributed by atoms with Crippen molar-refractivity contribution in [2.24, 2.45) is 0 Å². The van der Waals surface area contributed by atoms with Crippen LogP contribution >= 0.6 is 0 Å². The maximum atomic E-state index is 12.9. The predicted octanol–water partition coefficient (Wildman–Crippen LogP) is 3.18. The molecule has 0 amide bonds. The number of rotatable bonds is 6. The molecule has 0 saturated carbocycles. The topological polar surface area (TPSA) is 61.9 Å². The van der Waals surface area contributed by atoms with E-state index < -0.39 is 33.1 Å². The molecule has 2 aromatic rings. The Morgan fingerprint density at radius 3 is 2.43 bits per heavy atom. The fourth-order valence-electron chi connectivity index (χ4n) is 3.40. The van der Waals surface area contributed by atoms with Crippen LogP contribution in [0, 0.1) is 0 Å². The second-order valence-corrected chi connectivity index (χ2v) is 9.36. The van der Waals surface area contributed by atoms with E-state index in [1.165, 1.54) is 17.2 Å². The highest BCUT2D eigenvalue weighted by molar-refractivity contribution is 7.90. The third-order valence-corrected chi connectivity index (χ3v) is 6.81. The third-order valence-electron chi connectivity index (χ3n) is 5.07.